The second-order valence-electron chi connectivity index (χ2n) is 13.2. The molecule has 0 bridgehead atoms. The molecule has 2 nitrogen and oxygen atoms in total. The van der Waals surface area contributed by atoms with E-state index in [1.54, 1.807) is 0 Å². The molecule has 3 rings (SSSR count). The van der Waals surface area contributed by atoms with E-state index in [1.807, 2.05) is 0 Å². The first kappa shape index (κ1) is 34.1. The van der Waals surface area contributed by atoms with Gasteiger partial charge in [0.1, 0.15) is 18.4 Å². The van der Waals surface area contributed by atoms with E-state index in [1.165, 1.54) is 127 Å². The summed E-state index contributed by atoms with van der Waals surface area (Å²) in [6, 6.07) is 22.9. The molecule has 0 radical (unpaired) electrons. The van der Waals surface area contributed by atoms with Crippen LogP contribution in [0.15, 0.2) is 79.4 Å². The zero-order chi connectivity index (χ0) is 29.7. The maximum atomic E-state index is 2.57. The molecule has 0 amide bonds. The van der Waals surface area contributed by atoms with Crippen LogP contribution in [-0.4, -0.2) is 4.57 Å². The SMILES string of the molecule is CCCCCCCCCCCCCC[n+]1ccn(C(CCCCCCC)C(C)(Cc2ccccc2)c2ccccc2)c1. The summed E-state index contributed by atoms with van der Waals surface area (Å²) >= 11 is 0. The molecule has 2 heteroatoms. The predicted molar refractivity (Wildman–Crippen MR) is 182 cm³/mol. The molecule has 2 aromatic carbocycles. The third kappa shape index (κ3) is 12.1. The highest BCUT2D eigenvalue weighted by Gasteiger charge is 2.40. The molecule has 3 aromatic rings. The number of benzene rings is 2. The van der Waals surface area contributed by atoms with E-state index in [2.05, 4.69) is 109 Å². The van der Waals surface area contributed by atoms with Gasteiger partial charge in [-0.15, -0.1) is 0 Å². The van der Waals surface area contributed by atoms with Gasteiger partial charge in [0.05, 0.1) is 6.54 Å². The molecule has 42 heavy (non-hydrogen) atoms. The Labute approximate surface area is 260 Å². The largest absolute Gasteiger partial charge is 0.244 e. The van der Waals surface area contributed by atoms with Crippen LogP contribution in [0.4, 0.5) is 0 Å². The molecule has 0 aliphatic rings. The van der Waals surface area contributed by atoms with Gasteiger partial charge in [0.2, 0.25) is 6.33 Å². The van der Waals surface area contributed by atoms with Gasteiger partial charge in [0.15, 0.2) is 0 Å². The van der Waals surface area contributed by atoms with Gasteiger partial charge in [-0.1, -0.05) is 171 Å². The molecule has 0 spiro atoms. The van der Waals surface area contributed by atoms with Crippen LogP contribution in [0.5, 0.6) is 0 Å². The molecule has 2 atom stereocenters. The van der Waals surface area contributed by atoms with Gasteiger partial charge in [0, 0.05) is 5.41 Å². The molecule has 0 fully saturated rings. The van der Waals surface area contributed by atoms with Crippen molar-refractivity contribution in [1.82, 2.24) is 4.57 Å². The molecule has 2 unspecified atom stereocenters. The van der Waals surface area contributed by atoms with Crippen LogP contribution >= 0.6 is 0 Å². The third-order valence-electron chi connectivity index (χ3n) is 9.51. The number of aryl methyl sites for hydroxylation is 1. The van der Waals surface area contributed by atoms with Crippen LogP contribution in [-0.2, 0) is 18.4 Å². The van der Waals surface area contributed by atoms with Crippen molar-refractivity contribution in [3.63, 3.8) is 0 Å². The summed E-state index contributed by atoms with van der Waals surface area (Å²) in [5.74, 6) is 0. The number of aromatic nitrogens is 2. The quantitative estimate of drug-likeness (QED) is 0.0747. The van der Waals surface area contributed by atoms with Gasteiger partial charge in [-0.3, -0.25) is 0 Å². The van der Waals surface area contributed by atoms with E-state index in [-0.39, 0.29) is 5.41 Å². The molecular weight excluding hydrogens is 508 g/mol. The summed E-state index contributed by atoms with van der Waals surface area (Å²) < 4.78 is 5.02. The van der Waals surface area contributed by atoms with Crippen molar-refractivity contribution in [2.45, 2.75) is 161 Å². The van der Waals surface area contributed by atoms with Crippen LogP contribution in [0.2, 0.25) is 0 Å². The van der Waals surface area contributed by atoms with Crippen molar-refractivity contribution in [3.05, 3.63) is 90.5 Å². The number of rotatable bonds is 24. The fraction of sp³-hybridized carbons (Fsp3) is 0.625. The Hall–Kier alpha value is -2.35. The Balaban J connectivity index is 1.59. The third-order valence-corrected chi connectivity index (χ3v) is 9.51. The molecule has 1 aromatic heterocycles. The number of nitrogens with zero attached hydrogens (tertiary/aromatic N) is 2. The fourth-order valence-corrected chi connectivity index (χ4v) is 6.85. The second kappa shape index (κ2) is 20.5. The number of unbranched alkanes of at least 4 members (excludes halogenated alkanes) is 15. The van der Waals surface area contributed by atoms with Gasteiger partial charge in [-0.2, -0.15) is 0 Å². The van der Waals surface area contributed by atoms with Crippen LogP contribution in [0.1, 0.15) is 154 Å². The fourth-order valence-electron chi connectivity index (χ4n) is 6.85. The van der Waals surface area contributed by atoms with E-state index in [0.717, 1.165) is 13.0 Å². The second-order valence-corrected chi connectivity index (χ2v) is 13.2. The Morgan fingerprint density at radius 2 is 1.12 bits per heavy atom. The Kier molecular flexibility index (Phi) is 16.7. The Morgan fingerprint density at radius 1 is 0.619 bits per heavy atom. The van der Waals surface area contributed by atoms with Crippen molar-refractivity contribution in [1.29, 1.82) is 0 Å². The first-order valence-corrected chi connectivity index (χ1v) is 17.8. The predicted octanol–water partition coefficient (Wildman–Crippen LogP) is 11.6. The molecule has 0 aliphatic heterocycles. The first-order valence-electron chi connectivity index (χ1n) is 17.8. The average molecular weight is 572 g/mol. The van der Waals surface area contributed by atoms with Crippen LogP contribution in [0.3, 0.4) is 0 Å². The van der Waals surface area contributed by atoms with E-state index in [0.29, 0.717) is 6.04 Å². The zero-order valence-electron chi connectivity index (χ0n) is 27.6. The number of imidazole rings is 1. The van der Waals surface area contributed by atoms with Gasteiger partial charge >= 0.3 is 0 Å². The van der Waals surface area contributed by atoms with E-state index < -0.39 is 0 Å². The minimum atomic E-state index is 0.0141. The molecule has 0 saturated heterocycles. The highest BCUT2D eigenvalue weighted by atomic mass is 15.1. The summed E-state index contributed by atoms with van der Waals surface area (Å²) in [7, 11) is 0. The summed E-state index contributed by atoms with van der Waals surface area (Å²) in [5.41, 5.74) is 2.89. The Morgan fingerprint density at radius 3 is 1.69 bits per heavy atom. The van der Waals surface area contributed by atoms with Crippen molar-refractivity contribution in [3.8, 4) is 0 Å². The molecule has 0 saturated carbocycles. The van der Waals surface area contributed by atoms with Gasteiger partial charge in [-0.05, 0) is 43.2 Å². The summed E-state index contributed by atoms with van der Waals surface area (Å²) in [4.78, 5) is 0. The molecule has 232 valence electrons. The maximum absolute atomic E-state index is 2.57. The zero-order valence-corrected chi connectivity index (χ0v) is 27.6. The lowest BCUT2D eigenvalue weighted by atomic mass is 9.70. The van der Waals surface area contributed by atoms with Crippen molar-refractivity contribution < 1.29 is 4.57 Å². The number of hydrogen-bond donors (Lipinski definition) is 0. The van der Waals surface area contributed by atoms with E-state index >= 15 is 0 Å². The minimum Gasteiger partial charge on any atom is -0.237 e. The van der Waals surface area contributed by atoms with Crippen LogP contribution in [0.25, 0.3) is 0 Å². The first-order chi connectivity index (χ1) is 20.7. The molecular formula is C40H63N2+. The monoisotopic (exact) mass is 571 g/mol. The molecule has 0 aliphatic carbocycles. The van der Waals surface area contributed by atoms with E-state index in [9.17, 15) is 0 Å². The van der Waals surface area contributed by atoms with Crippen molar-refractivity contribution in [2.24, 2.45) is 0 Å². The van der Waals surface area contributed by atoms with Crippen molar-refractivity contribution >= 4 is 0 Å². The summed E-state index contributed by atoms with van der Waals surface area (Å²) in [6.45, 7) is 8.26. The average Bonchev–Trinajstić information content (AvgIpc) is 3.48. The van der Waals surface area contributed by atoms with Crippen LogP contribution in [0, 0.1) is 0 Å². The summed E-state index contributed by atoms with van der Waals surface area (Å²) in [6.07, 6.45) is 32.9. The highest BCUT2D eigenvalue weighted by molar-refractivity contribution is 5.30. The number of hydrogen-bond acceptors (Lipinski definition) is 0. The lowest BCUT2D eigenvalue weighted by Gasteiger charge is -2.37. The van der Waals surface area contributed by atoms with Gasteiger partial charge in [0.25, 0.3) is 0 Å². The van der Waals surface area contributed by atoms with Gasteiger partial charge < -0.3 is 0 Å². The normalized spacial score (nSPS) is 13.7. The lowest BCUT2D eigenvalue weighted by Crippen LogP contribution is -2.38. The maximum Gasteiger partial charge on any atom is 0.244 e. The minimum absolute atomic E-state index is 0.0141. The molecule has 0 N–H and O–H groups in total. The lowest BCUT2D eigenvalue weighted by molar-refractivity contribution is -0.697. The van der Waals surface area contributed by atoms with Crippen LogP contribution < -0.4 is 4.57 Å². The van der Waals surface area contributed by atoms with Gasteiger partial charge in [-0.25, -0.2) is 9.13 Å². The van der Waals surface area contributed by atoms with Crippen molar-refractivity contribution in [2.75, 3.05) is 0 Å². The topological polar surface area (TPSA) is 8.81 Å². The Bertz CT molecular complexity index is 1040. The molecule has 1 heterocycles. The smallest absolute Gasteiger partial charge is 0.237 e. The summed E-state index contributed by atoms with van der Waals surface area (Å²) in [5, 5.41) is 0. The van der Waals surface area contributed by atoms with E-state index in [4.69, 9.17) is 0 Å². The standard InChI is InChI=1S/C40H63N2/c1-4-6-8-10-11-12-13-14-15-16-18-26-32-41-33-34-42(36-41)39(31-25-17-9-7-5-2)40(3,38-29-23-20-24-30-38)35-37-27-21-19-22-28-37/h19-24,27-30,33-34,36,39H,4-18,25-26,31-32,35H2,1-3H3/q+1. The highest BCUT2D eigenvalue weighted by Crippen LogP contribution is 2.41.